The van der Waals surface area contributed by atoms with Crippen LogP contribution in [0.2, 0.25) is 0 Å². The largest absolute Gasteiger partial charge is 0.493 e. The molecule has 2 N–H and O–H groups in total. The van der Waals surface area contributed by atoms with Gasteiger partial charge in [0.15, 0.2) is 17.1 Å². The average molecular weight is 473 g/mol. The molecule has 9 nitrogen and oxygen atoms in total. The van der Waals surface area contributed by atoms with Crippen LogP contribution in [0.1, 0.15) is 11.1 Å². The van der Waals surface area contributed by atoms with E-state index < -0.39 is 0 Å². The average Bonchev–Trinajstić information content (AvgIpc) is 3.31. The first-order valence-corrected chi connectivity index (χ1v) is 11.3. The van der Waals surface area contributed by atoms with Crippen LogP contribution in [0.5, 0.6) is 11.5 Å². The monoisotopic (exact) mass is 472 g/mol. The smallest absolute Gasteiger partial charge is 0.244 e. The number of anilines is 1. The lowest BCUT2D eigenvalue weighted by atomic mass is 10.1. The van der Waals surface area contributed by atoms with Crippen LogP contribution >= 0.6 is 0 Å². The summed E-state index contributed by atoms with van der Waals surface area (Å²) >= 11 is 0. The molecule has 0 saturated carbocycles. The SMILES string of the molecule is COc1ccc(/C=C/C(=O)NCCn2ncc3c(NCCc4ccccc4)ncnc32)cc1OC. The lowest BCUT2D eigenvalue weighted by molar-refractivity contribution is -0.116. The molecule has 0 aliphatic rings. The highest BCUT2D eigenvalue weighted by Crippen LogP contribution is 2.28. The second kappa shape index (κ2) is 11.6. The molecule has 0 aliphatic carbocycles. The van der Waals surface area contributed by atoms with Crippen molar-refractivity contribution in [3.63, 3.8) is 0 Å². The van der Waals surface area contributed by atoms with Gasteiger partial charge in [-0.3, -0.25) is 4.79 Å². The molecular weight excluding hydrogens is 444 g/mol. The zero-order valence-electron chi connectivity index (χ0n) is 19.8. The van der Waals surface area contributed by atoms with E-state index in [0.717, 1.165) is 35.4 Å². The number of aromatic nitrogens is 4. The zero-order chi connectivity index (χ0) is 24.5. The molecule has 180 valence electrons. The van der Waals surface area contributed by atoms with Crippen molar-refractivity contribution < 1.29 is 14.3 Å². The summed E-state index contributed by atoms with van der Waals surface area (Å²) in [5.41, 5.74) is 2.81. The summed E-state index contributed by atoms with van der Waals surface area (Å²) in [6.07, 6.45) is 7.37. The van der Waals surface area contributed by atoms with Gasteiger partial charge in [-0.15, -0.1) is 0 Å². The lowest BCUT2D eigenvalue weighted by Crippen LogP contribution is -2.25. The van der Waals surface area contributed by atoms with Gasteiger partial charge in [0.05, 0.1) is 32.3 Å². The number of nitrogens with one attached hydrogen (secondary N) is 2. The highest BCUT2D eigenvalue weighted by atomic mass is 16.5. The first kappa shape index (κ1) is 23.7. The summed E-state index contributed by atoms with van der Waals surface area (Å²) in [5, 5.41) is 11.5. The van der Waals surface area contributed by atoms with Crippen LogP contribution < -0.4 is 20.1 Å². The molecule has 2 heterocycles. The van der Waals surface area contributed by atoms with E-state index in [9.17, 15) is 4.79 Å². The van der Waals surface area contributed by atoms with Gasteiger partial charge in [-0.05, 0) is 35.8 Å². The molecule has 9 heteroatoms. The van der Waals surface area contributed by atoms with Crippen LogP contribution in [0, 0.1) is 0 Å². The van der Waals surface area contributed by atoms with E-state index in [4.69, 9.17) is 9.47 Å². The number of fused-ring (bicyclic) bond motifs is 1. The molecule has 0 atom stereocenters. The molecule has 4 aromatic rings. The van der Waals surface area contributed by atoms with Gasteiger partial charge in [0.2, 0.25) is 5.91 Å². The minimum absolute atomic E-state index is 0.200. The normalized spacial score (nSPS) is 11.0. The van der Waals surface area contributed by atoms with Crippen LogP contribution in [0.4, 0.5) is 5.82 Å². The Morgan fingerprint density at radius 3 is 2.66 bits per heavy atom. The standard InChI is InChI=1S/C26H28N6O3/c1-34-22-10-8-20(16-23(22)35-2)9-11-24(33)27-14-15-32-26-21(17-31-32)25(29-18-30-26)28-13-12-19-6-4-3-5-7-19/h3-11,16-18H,12-15H2,1-2H3,(H,27,33)(H,28,29,30)/b11-9+. The highest BCUT2D eigenvalue weighted by Gasteiger charge is 2.10. The molecule has 0 aliphatic heterocycles. The molecule has 0 spiro atoms. The van der Waals surface area contributed by atoms with Crippen molar-refractivity contribution in [2.24, 2.45) is 0 Å². The maximum Gasteiger partial charge on any atom is 0.244 e. The molecule has 0 bridgehead atoms. The zero-order valence-corrected chi connectivity index (χ0v) is 19.8. The van der Waals surface area contributed by atoms with Crippen molar-refractivity contribution in [3.8, 4) is 11.5 Å². The predicted molar refractivity (Wildman–Crippen MR) is 136 cm³/mol. The summed E-state index contributed by atoms with van der Waals surface area (Å²) in [5.74, 6) is 1.80. The highest BCUT2D eigenvalue weighted by molar-refractivity contribution is 5.91. The quantitative estimate of drug-likeness (QED) is 0.323. The van der Waals surface area contributed by atoms with Gasteiger partial charge in [0.25, 0.3) is 0 Å². The molecule has 1 amide bonds. The fourth-order valence-electron chi connectivity index (χ4n) is 3.64. The first-order chi connectivity index (χ1) is 17.2. The van der Waals surface area contributed by atoms with Crippen molar-refractivity contribution >= 4 is 28.8 Å². The Hall–Kier alpha value is -4.40. The number of carbonyl (C=O) groups excluding carboxylic acids is 1. The van der Waals surface area contributed by atoms with Gasteiger partial charge in [-0.1, -0.05) is 36.4 Å². The van der Waals surface area contributed by atoms with Crippen molar-refractivity contribution in [2.75, 3.05) is 32.6 Å². The van der Waals surface area contributed by atoms with E-state index in [2.05, 4.69) is 37.8 Å². The second-order valence-corrected chi connectivity index (χ2v) is 7.73. The fourth-order valence-corrected chi connectivity index (χ4v) is 3.64. The number of nitrogens with zero attached hydrogens (tertiary/aromatic N) is 4. The Kier molecular flexibility index (Phi) is 7.90. The number of carbonyl (C=O) groups is 1. The maximum atomic E-state index is 12.3. The number of methoxy groups -OCH3 is 2. The fraction of sp³-hybridized carbons (Fsp3) is 0.231. The van der Waals surface area contributed by atoms with E-state index in [1.807, 2.05) is 30.3 Å². The molecule has 0 saturated heterocycles. The minimum Gasteiger partial charge on any atom is -0.493 e. The van der Waals surface area contributed by atoms with Crippen molar-refractivity contribution in [2.45, 2.75) is 13.0 Å². The summed E-state index contributed by atoms with van der Waals surface area (Å²) in [7, 11) is 3.16. The van der Waals surface area contributed by atoms with Crippen LogP contribution in [0.25, 0.3) is 17.1 Å². The van der Waals surface area contributed by atoms with Gasteiger partial charge in [-0.25, -0.2) is 14.6 Å². The summed E-state index contributed by atoms with van der Waals surface area (Å²) < 4.78 is 12.3. The number of rotatable bonds is 11. The third-order valence-electron chi connectivity index (χ3n) is 5.44. The van der Waals surface area contributed by atoms with Crippen LogP contribution in [0.15, 0.2) is 67.1 Å². The Morgan fingerprint density at radius 2 is 1.86 bits per heavy atom. The third-order valence-corrected chi connectivity index (χ3v) is 5.44. The number of hydrogen-bond acceptors (Lipinski definition) is 7. The van der Waals surface area contributed by atoms with E-state index in [1.54, 1.807) is 37.2 Å². The van der Waals surface area contributed by atoms with Crippen molar-refractivity contribution in [3.05, 3.63) is 78.3 Å². The predicted octanol–water partition coefficient (Wildman–Crippen LogP) is 3.33. The number of benzene rings is 2. The van der Waals surface area contributed by atoms with Crippen molar-refractivity contribution in [1.82, 2.24) is 25.1 Å². The lowest BCUT2D eigenvalue weighted by Gasteiger charge is -2.08. The van der Waals surface area contributed by atoms with Gasteiger partial charge in [0.1, 0.15) is 12.1 Å². The molecular formula is C26H28N6O3. The second-order valence-electron chi connectivity index (χ2n) is 7.73. The topological polar surface area (TPSA) is 103 Å². The number of hydrogen-bond donors (Lipinski definition) is 2. The van der Waals surface area contributed by atoms with E-state index in [1.165, 1.54) is 18.0 Å². The molecule has 0 fully saturated rings. The Labute approximate surface area is 203 Å². The molecule has 2 aromatic carbocycles. The Bertz CT molecular complexity index is 1300. The van der Waals surface area contributed by atoms with Gasteiger partial charge in [0, 0.05) is 19.2 Å². The van der Waals surface area contributed by atoms with E-state index >= 15 is 0 Å². The first-order valence-electron chi connectivity index (χ1n) is 11.3. The third kappa shape index (κ3) is 6.14. The summed E-state index contributed by atoms with van der Waals surface area (Å²) in [6, 6.07) is 15.7. The molecule has 0 radical (unpaired) electrons. The minimum atomic E-state index is -0.200. The summed E-state index contributed by atoms with van der Waals surface area (Å²) in [4.78, 5) is 21.0. The molecule has 2 aromatic heterocycles. The maximum absolute atomic E-state index is 12.3. The van der Waals surface area contributed by atoms with Crippen molar-refractivity contribution in [1.29, 1.82) is 0 Å². The molecule has 35 heavy (non-hydrogen) atoms. The molecule has 4 rings (SSSR count). The number of amides is 1. The van der Waals surface area contributed by atoms with E-state index in [-0.39, 0.29) is 5.91 Å². The van der Waals surface area contributed by atoms with Gasteiger partial charge >= 0.3 is 0 Å². The Morgan fingerprint density at radius 1 is 1.03 bits per heavy atom. The molecule has 0 unspecified atom stereocenters. The Balaban J connectivity index is 1.30. The van der Waals surface area contributed by atoms with Crippen LogP contribution in [-0.2, 0) is 17.8 Å². The number of ether oxygens (including phenoxy) is 2. The van der Waals surface area contributed by atoms with Crippen LogP contribution in [0.3, 0.4) is 0 Å². The van der Waals surface area contributed by atoms with E-state index in [0.29, 0.717) is 24.6 Å². The van der Waals surface area contributed by atoms with Gasteiger partial charge < -0.3 is 20.1 Å². The summed E-state index contributed by atoms with van der Waals surface area (Å²) in [6.45, 7) is 1.65. The van der Waals surface area contributed by atoms with Gasteiger partial charge in [-0.2, -0.15) is 5.10 Å². The van der Waals surface area contributed by atoms with Crippen LogP contribution in [-0.4, -0.2) is 53.0 Å².